The number of nitrogens with zero attached hydrogens (tertiary/aromatic N) is 2. The number of hydrogen-bond donors (Lipinski definition) is 1. The summed E-state index contributed by atoms with van der Waals surface area (Å²) in [5, 5.41) is 7.73. The van der Waals surface area contributed by atoms with Gasteiger partial charge in [-0.1, -0.05) is 37.3 Å². The molecule has 9 heteroatoms. The number of carbonyl (C=O) groups excluding carboxylic acids is 1. The first-order valence-corrected chi connectivity index (χ1v) is 8.91. The van der Waals surface area contributed by atoms with Gasteiger partial charge in [0.1, 0.15) is 5.75 Å². The average molecular weight is 405 g/mol. The largest absolute Gasteiger partial charge is 0.573 e. The minimum atomic E-state index is -4.76. The number of amides is 1. The Morgan fingerprint density at radius 1 is 1.10 bits per heavy atom. The molecule has 3 aromatic rings. The highest BCUT2D eigenvalue weighted by atomic mass is 19.4. The molecule has 0 saturated heterocycles. The standard InChI is InChI=1S/C20H18F3N3O3/c1-2-11-26-19(28)16-6-4-3-5-15(16)17(25-26)18(27)24-12-13-7-9-14(10-8-13)29-20(21,22)23/h3-10H,2,11-12H2,1H3,(H,24,27). The first kappa shape index (κ1) is 20.4. The summed E-state index contributed by atoms with van der Waals surface area (Å²) in [5.41, 5.74) is 0.434. The number of ether oxygens (including phenoxy) is 1. The van der Waals surface area contributed by atoms with Crippen LogP contribution in [0.15, 0.2) is 53.3 Å². The summed E-state index contributed by atoms with van der Waals surface area (Å²) < 4.78 is 41.7. The van der Waals surface area contributed by atoms with E-state index in [1.807, 2.05) is 6.92 Å². The molecule has 1 amide bonds. The van der Waals surface area contributed by atoms with Crippen molar-refractivity contribution in [1.29, 1.82) is 0 Å². The predicted molar refractivity (Wildman–Crippen MR) is 101 cm³/mol. The van der Waals surface area contributed by atoms with Crippen LogP contribution >= 0.6 is 0 Å². The van der Waals surface area contributed by atoms with E-state index in [1.165, 1.54) is 28.9 Å². The van der Waals surface area contributed by atoms with Gasteiger partial charge in [-0.05, 0) is 30.2 Å². The van der Waals surface area contributed by atoms with Gasteiger partial charge in [-0.2, -0.15) is 5.10 Å². The van der Waals surface area contributed by atoms with Crippen molar-refractivity contribution in [2.75, 3.05) is 0 Å². The SMILES string of the molecule is CCCn1nc(C(=O)NCc2ccc(OC(F)(F)F)cc2)c2ccccc2c1=O. The van der Waals surface area contributed by atoms with E-state index in [9.17, 15) is 22.8 Å². The Bertz CT molecular complexity index is 1080. The normalized spacial score (nSPS) is 11.4. The molecule has 2 aromatic carbocycles. The lowest BCUT2D eigenvalue weighted by molar-refractivity contribution is -0.274. The molecule has 0 atom stereocenters. The van der Waals surface area contributed by atoms with E-state index in [0.717, 1.165) is 0 Å². The summed E-state index contributed by atoms with van der Waals surface area (Å²) in [6.45, 7) is 2.36. The van der Waals surface area contributed by atoms with Gasteiger partial charge in [-0.3, -0.25) is 9.59 Å². The number of aryl methyl sites for hydroxylation is 1. The number of fused-ring (bicyclic) bond motifs is 1. The smallest absolute Gasteiger partial charge is 0.406 e. The molecule has 0 fully saturated rings. The molecule has 0 aliphatic heterocycles. The molecule has 1 N–H and O–H groups in total. The van der Waals surface area contributed by atoms with Gasteiger partial charge in [0.05, 0.1) is 5.39 Å². The van der Waals surface area contributed by atoms with Gasteiger partial charge < -0.3 is 10.1 Å². The highest BCUT2D eigenvalue weighted by Gasteiger charge is 2.30. The van der Waals surface area contributed by atoms with Crippen molar-refractivity contribution in [3.05, 3.63) is 70.1 Å². The molecular weight excluding hydrogens is 387 g/mol. The average Bonchev–Trinajstić information content (AvgIpc) is 2.68. The van der Waals surface area contributed by atoms with Crippen LogP contribution in [-0.4, -0.2) is 22.1 Å². The Labute approximate surface area is 163 Å². The third-order valence-electron chi connectivity index (χ3n) is 4.13. The molecule has 152 valence electrons. The minimum Gasteiger partial charge on any atom is -0.406 e. The molecule has 29 heavy (non-hydrogen) atoms. The zero-order chi connectivity index (χ0) is 21.0. The highest BCUT2D eigenvalue weighted by molar-refractivity contribution is 6.04. The van der Waals surface area contributed by atoms with Crippen LogP contribution < -0.4 is 15.6 Å². The molecule has 1 aromatic heterocycles. The molecular formula is C20H18F3N3O3. The van der Waals surface area contributed by atoms with Crippen LogP contribution in [0.2, 0.25) is 0 Å². The van der Waals surface area contributed by atoms with Gasteiger partial charge in [-0.15, -0.1) is 13.2 Å². The third kappa shape index (κ3) is 4.92. The number of alkyl halides is 3. The van der Waals surface area contributed by atoms with Gasteiger partial charge >= 0.3 is 6.36 Å². The van der Waals surface area contributed by atoms with Crippen LogP contribution in [-0.2, 0) is 13.1 Å². The van der Waals surface area contributed by atoms with Crippen molar-refractivity contribution in [1.82, 2.24) is 15.1 Å². The zero-order valence-electron chi connectivity index (χ0n) is 15.5. The summed E-state index contributed by atoms with van der Waals surface area (Å²) in [4.78, 5) is 25.2. The van der Waals surface area contributed by atoms with E-state index in [-0.39, 0.29) is 23.5 Å². The van der Waals surface area contributed by atoms with Crippen LogP contribution in [0.3, 0.4) is 0 Å². The lowest BCUT2D eigenvalue weighted by Crippen LogP contribution is -2.30. The summed E-state index contributed by atoms with van der Waals surface area (Å²) >= 11 is 0. The van der Waals surface area contributed by atoms with Gasteiger partial charge in [0.15, 0.2) is 5.69 Å². The Hall–Kier alpha value is -3.36. The molecule has 0 saturated carbocycles. The first-order chi connectivity index (χ1) is 13.8. The molecule has 0 aliphatic rings. The third-order valence-corrected chi connectivity index (χ3v) is 4.13. The number of hydrogen-bond acceptors (Lipinski definition) is 4. The number of aromatic nitrogens is 2. The summed E-state index contributed by atoms with van der Waals surface area (Å²) in [6, 6.07) is 11.9. The molecule has 6 nitrogen and oxygen atoms in total. The van der Waals surface area contributed by atoms with E-state index in [1.54, 1.807) is 24.3 Å². The molecule has 0 aliphatic carbocycles. The van der Waals surface area contributed by atoms with Crippen LogP contribution in [0.4, 0.5) is 13.2 Å². The van der Waals surface area contributed by atoms with Crippen LogP contribution in [0, 0.1) is 0 Å². The highest BCUT2D eigenvalue weighted by Crippen LogP contribution is 2.22. The Morgan fingerprint density at radius 2 is 1.76 bits per heavy atom. The molecule has 1 heterocycles. The number of carbonyl (C=O) groups is 1. The summed E-state index contributed by atoms with van der Waals surface area (Å²) in [6.07, 6.45) is -4.08. The Balaban J connectivity index is 1.80. The van der Waals surface area contributed by atoms with Gasteiger partial charge in [0, 0.05) is 18.5 Å². The van der Waals surface area contributed by atoms with Crippen molar-refractivity contribution < 1.29 is 22.7 Å². The second kappa shape index (κ2) is 8.34. The van der Waals surface area contributed by atoms with E-state index in [0.29, 0.717) is 29.3 Å². The molecule has 3 rings (SSSR count). The zero-order valence-corrected chi connectivity index (χ0v) is 15.5. The maximum atomic E-state index is 12.7. The number of nitrogens with one attached hydrogen (secondary N) is 1. The predicted octanol–water partition coefficient (Wildman–Crippen LogP) is 3.64. The Kier molecular flexibility index (Phi) is 5.86. The lowest BCUT2D eigenvalue weighted by Gasteiger charge is -2.11. The number of benzene rings is 2. The fraction of sp³-hybridized carbons (Fsp3) is 0.250. The van der Waals surface area contributed by atoms with E-state index in [4.69, 9.17) is 0 Å². The number of halogens is 3. The van der Waals surface area contributed by atoms with Crippen LogP contribution in [0.25, 0.3) is 10.8 Å². The fourth-order valence-corrected chi connectivity index (χ4v) is 2.84. The second-order valence-electron chi connectivity index (χ2n) is 6.30. The number of rotatable bonds is 6. The van der Waals surface area contributed by atoms with Crippen molar-refractivity contribution in [2.24, 2.45) is 0 Å². The molecule has 0 unspecified atom stereocenters. The van der Waals surface area contributed by atoms with Crippen LogP contribution in [0.5, 0.6) is 5.75 Å². The lowest BCUT2D eigenvalue weighted by atomic mass is 10.1. The fourth-order valence-electron chi connectivity index (χ4n) is 2.84. The molecule has 0 spiro atoms. The van der Waals surface area contributed by atoms with Gasteiger partial charge in [0.25, 0.3) is 11.5 Å². The second-order valence-corrected chi connectivity index (χ2v) is 6.30. The van der Waals surface area contributed by atoms with Crippen LogP contribution in [0.1, 0.15) is 29.4 Å². The molecule has 0 bridgehead atoms. The topological polar surface area (TPSA) is 73.2 Å². The quantitative estimate of drug-likeness (QED) is 0.680. The Morgan fingerprint density at radius 3 is 2.38 bits per heavy atom. The van der Waals surface area contributed by atoms with E-state index < -0.39 is 12.3 Å². The molecule has 0 radical (unpaired) electrons. The maximum absolute atomic E-state index is 12.7. The summed E-state index contributed by atoms with van der Waals surface area (Å²) in [7, 11) is 0. The summed E-state index contributed by atoms with van der Waals surface area (Å²) in [5.74, 6) is -0.825. The van der Waals surface area contributed by atoms with Crippen molar-refractivity contribution in [2.45, 2.75) is 32.8 Å². The van der Waals surface area contributed by atoms with E-state index in [2.05, 4.69) is 15.2 Å². The van der Waals surface area contributed by atoms with Crippen molar-refractivity contribution >= 4 is 16.7 Å². The van der Waals surface area contributed by atoms with Crippen molar-refractivity contribution in [3.8, 4) is 5.75 Å². The first-order valence-electron chi connectivity index (χ1n) is 8.91. The van der Waals surface area contributed by atoms with Gasteiger partial charge in [-0.25, -0.2) is 4.68 Å². The van der Waals surface area contributed by atoms with E-state index >= 15 is 0 Å². The van der Waals surface area contributed by atoms with Gasteiger partial charge in [0.2, 0.25) is 0 Å². The monoisotopic (exact) mass is 405 g/mol. The van der Waals surface area contributed by atoms with Crippen molar-refractivity contribution in [3.63, 3.8) is 0 Å². The maximum Gasteiger partial charge on any atom is 0.573 e. The minimum absolute atomic E-state index is 0.0774.